The number of nitrogens with zero attached hydrogens (tertiary/aromatic N) is 1. The lowest BCUT2D eigenvalue weighted by Gasteiger charge is -2.12. The maximum Gasteiger partial charge on any atom is 0.345 e. The number of aromatic nitrogens is 1. The van der Waals surface area contributed by atoms with Crippen molar-refractivity contribution in [2.45, 2.75) is 13.8 Å². The van der Waals surface area contributed by atoms with Crippen molar-refractivity contribution in [2.75, 3.05) is 19.0 Å². The van der Waals surface area contributed by atoms with Crippen LogP contribution in [0.5, 0.6) is 11.5 Å². The Hall–Kier alpha value is -5.37. The smallest absolute Gasteiger partial charge is 0.345 e. The van der Waals surface area contributed by atoms with Crippen LogP contribution >= 0.6 is 0 Å². The van der Waals surface area contributed by atoms with Crippen LogP contribution in [0.25, 0.3) is 16.6 Å². The van der Waals surface area contributed by atoms with Gasteiger partial charge in [-0.15, -0.1) is 0 Å². The molecule has 0 fully saturated rings. The highest BCUT2D eigenvalue weighted by Crippen LogP contribution is 2.33. The van der Waals surface area contributed by atoms with Crippen LogP contribution in [-0.2, 0) is 4.74 Å². The molecule has 8 heteroatoms. The summed E-state index contributed by atoms with van der Waals surface area (Å²) in [6.07, 6.45) is 0. The third-order valence-electron chi connectivity index (χ3n) is 6.63. The van der Waals surface area contributed by atoms with Crippen LogP contribution in [-0.4, -0.2) is 36.1 Å². The van der Waals surface area contributed by atoms with Gasteiger partial charge in [0.25, 0.3) is 5.91 Å². The van der Waals surface area contributed by atoms with E-state index in [4.69, 9.17) is 14.2 Å². The van der Waals surface area contributed by atoms with Gasteiger partial charge in [-0.1, -0.05) is 30.3 Å². The highest BCUT2D eigenvalue weighted by molar-refractivity contribution is 6.09. The Balaban J connectivity index is 1.46. The summed E-state index contributed by atoms with van der Waals surface area (Å²) in [5.41, 5.74) is 3.65. The van der Waals surface area contributed by atoms with Crippen molar-refractivity contribution in [3.8, 4) is 17.2 Å². The highest BCUT2D eigenvalue weighted by Gasteiger charge is 2.23. The zero-order valence-corrected chi connectivity index (χ0v) is 22.8. The molecule has 0 radical (unpaired) electrons. The van der Waals surface area contributed by atoms with Crippen molar-refractivity contribution in [1.29, 1.82) is 0 Å². The van der Waals surface area contributed by atoms with Crippen LogP contribution < -0.4 is 14.8 Å². The van der Waals surface area contributed by atoms with E-state index in [1.54, 1.807) is 80.8 Å². The van der Waals surface area contributed by atoms with E-state index in [0.29, 0.717) is 33.6 Å². The Bertz CT molecular complexity index is 1740. The molecule has 41 heavy (non-hydrogen) atoms. The van der Waals surface area contributed by atoms with Crippen molar-refractivity contribution in [2.24, 2.45) is 0 Å². The van der Waals surface area contributed by atoms with Crippen molar-refractivity contribution >= 4 is 34.4 Å². The van der Waals surface area contributed by atoms with Gasteiger partial charge in [0.15, 0.2) is 0 Å². The fourth-order valence-electron chi connectivity index (χ4n) is 4.70. The molecule has 0 bridgehead atoms. The van der Waals surface area contributed by atoms with E-state index in [0.717, 1.165) is 11.2 Å². The standard InChI is InChI=1S/C33H28N2O6/c1-4-40-33(38)30-21(2)35(23-10-6-5-7-11-23)29-19-18-25(20-27(29)30)41-32(37)26-12-8-9-13-28(26)34-31(36)22-14-16-24(39-3)17-15-22/h5-20H,4H2,1-3H3,(H,34,36). The summed E-state index contributed by atoms with van der Waals surface area (Å²) >= 11 is 0. The molecular weight excluding hydrogens is 520 g/mol. The van der Waals surface area contributed by atoms with E-state index >= 15 is 0 Å². The number of methoxy groups -OCH3 is 1. The molecule has 1 N–H and O–H groups in total. The Morgan fingerprint density at radius 2 is 1.49 bits per heavy atom. The van der Waals surface area contributed by atoms with Gasteiger partial charge in [0.1, 0.15) is 11.5 Å². The molecule has 0 aliphatic carbocycles. The zero-order chi connectivity index (χ0) is 28.9. The highest BCUT2D eigenvalue weighted by atomic mass is 16.5. The summed E-state index contributed by atoms with van der Waals surface area (Å²) in [7, 11) is 1.55. The average molecular weight is 549 g/mol. The lowest BCUT2D eigenvalue weighted by molar-refractivity contribution is 0.0527. The molecule has 1 aromatic heterocycles. The van der Waals surface area contributed by atoms with E-state index in [-0.39, 0.29) is 23.8 Å². The van der Waals surface area contributed by atoms with Gasteiger partial charge in [-0.25, -0.2) is 9.59 Å². The van der Waals surface area contributed by atoms with Crippen LogP contribution in [0.4, 0.5) is 5.69 Å². The third kappa shape index (κ3) is 5.53. The summed E-state index contributed by atoms with van der Waals surface area (Å²) in [5, 5.41) is 3.38. The summed E-state index contributed by atoms with van der Waals surface area (Å²) in [4.78, 5) is 39.1. The number of hydrogen-bond donors (Lipinski definition) is 1. The van der Waals surface area contributed by atoms with Gasteiger partial charge in [0.2, 0.25) is 0 Å². The van der Waals surface area contributed by atoms with Crippen molar-refractivity contribution in [1.82, 2.24) is 4.57 Å². The first-order chi connectivity index (χ1) is 19.9. The van der Waals surface area contributed by atoms with Crippen LogP contribution in [0.3, 0.4) is 0 Å². The molecule has 0 saturated heterocycles. The van der Waals surface area contributed by atoms with Crippen molar-refractivity contribution < 1.29 is 28.6 Å². The van der Waals surface area contributed by atoms with Gasteiger partial charge in [-0.2, -0.15) is 0 Å². The number of amides is 1. The maximum atomic E-state index is 13.3. The normalized spacial score (nSPS) is 10.7. The number of fused-ring (bicyclic) bond motifs is 1. The summed E-state index contributed by atoms with van der Waals surface area (Å²) in [6, 6.07) is 28.0. The number of para-hydroxylation sites is 2. The molecule has 5 rings (SSSR count). The number of ether oxygens (including phenoxy) is 3. The number of anilines is 1. The Morgan fingerprint density at radius 3 is 2.20 bits per heavy atom. The number of nitrogens with one attached hydrogen (secondary N) is 1. The van der Waals surface area contributed by atoms with Gasteiger partial charge >= 0.3 is 11.9 Å². The first kappa shape index (κ1) is 27.2. The quantitative estimate of drug-likeness (QED) is 0.174. The van der Waals surface area contributed by atoms with E-state index in [1.165, 1.54) is 0 Å². The molecule has 1 heterocycles. The Morgan fingerprint density at radius 1 is 0.805 bits per heavy atom. The van der Waals surface area contributed by atoms with E-state index in [1.807, 2.05) is 41.8 Å². The predicted molar refractivity (Wildman–Crippen MR) is 156 cm³/mol. The fourth-order valence-corrected chi connectivity index (χ4v) is 4.70. The first-order valence-electron chi connectivity index (χ1n) is 13.1. The minimum Gasteiger partial charge on any atom is -0.497 e. The molecule has 0 aliphatic rings. The van der Waals surface area contributed by atoms with Gasteiger partial charge < -0.3 is 24.1 Å². The minimum absolute atomic E-state index is 0.179. The van der Waals surface area contributed by atoms with Crippen LogP contribution in [0.15, 0.2) is 97.1 Å². The number of carbonyl (C=O) groups is 3. The summed E-state index contributed by atoms with van der Waals surface area (Å²) in [6.45, 7) is 3.83. The second-order valence-electron chi connectivity index (χ2n) is 9.15. The van der Waals surface area contributed by atoms with Crippen molar-refractivity contribution in [3.05, 3.63) is 119 Å². The molecule has 5 aromatic rings. The minimum atomic E-state index is -0.660. The molecule has 0 atom stereocenters. The largest absolute Gasteiger partial charge is 0.497 e. The topological polar surface area (TPSA) is 95.9 Å². The number of esters is 2. The second-order valence-corrected chi connectivity index (χ2v) is 9.15. The average Bonchev–Trinajstić information content (AvgIpc) is 3.28. The van der Waals surface area contributed by atoms with Gasteiger partial charge in [0.05, 0.1) is 36.0 Å². The fraction of sp³-hybridized carbons (Fsp3) is 0.121. The number of carbonyl (C=O) groups excluding carboxylic acids is 3. The first-order valence-corrected chi connectivity index (χ1v) is 13.1. The molecular formula is C33H28N2O6. The lowest BCUT2D eigenvalue weighted by Crippen LogP contribution is -2.17. The van der Waals surface area contributed by atoms with E-state index < -0.39 is 11.9 Å². The SMILES string of the molecule is CCOC(=O)c1c(C)n(-c2ccccc2)c2ccc(OC(=O)c3ccccc3NC(=O)c3ccc(OC)cc3)cc12. The van der Waals surface area contributed by atoms with Gasteiger partial charge in [-0.05, 0) is 80.6 Å². The number of hydrogen-bond acceptors (Lipinski definition) is 6. The Labute approximate surface area is 237 Å². The molecule has 206 valence electrons. The molecule has 0 aliphatic heterocycles. The molecule has 4 aromatic carbocycles. The predicted octanol–water partition coefficient (Wildman–Crippen LogP) is 6.60. The molecule has 0 spiro atoms. The maximum absolute atomic E-state index is 13.3. The lowest BCUT2D eigenvalue weighted by atomic mass is 10.1. The second kappa shape index (κ2) is 11.8. The van der Waals surface area contributed by atoms with E-state index in [2.05, 4.69) is 5.32 Å². The van der Waals surface area contributed by atoms with Gasteiger partial charge in [-0.3, -0.25) is 4.79 Å². The summed E-state index contributed by atoms with van der Waals surface area (Å²) in [5.74, 6) is -0.629. The Kier molecular flexibility index (Phi) is 7.83. The third-order valence-corrected chi connectivity index (χ3v) is 6.63. The monoisotopic (exact) mass is 548 g/mol. The summed E-state index contributed by atoms with van der Waals surface area (Å²) < 4.78 is 18.2. The van der Waals surface area contributed by atoms with Crippen LogP contribution in [0, 0.1) is 6.92 Å². The van der Waals surface area contributed by atoms with Gasteiger partial charge in [0, 0.05) is 22.3 Å². The van der Waals surface area contributed by atoms with E-state index in [9.17, 15) is 14.4 Å². The number of benzene rings is 4. The molecule has 8 nitrogen and oxygen atoms in total. The van der Waals surface area contributed by atoms with Crippen LogP contribution in [0.2, 0.25) is 0 Å². The molecule has 0 unspecified atom stereocenters. The molecule has 0 saturated carbocycles. The van der Waals surface area contributed by atoms with Crippen molar-refractivity contribution in [3.63, 3.8) is 0 Å². The number of rotatable bonds is 8. The molecule has 1 amide bonds. The zero-order valence-electron chi connectivity index (χ0n) is 22.8. The van der Waals surface area contributed by atoms with Crippen LogP contribution in [0.1, 0.15) is 43.7 Å².